The van der Waals surface area contributed by atoms with Gasteiger partial charge in [-0.25, -0.2) is 4.79 Å². The Kier molecular flexibility index (Phi) is 4.93. The van der Waals surface area contributed by atoms with Crippen molar-refractivity contribution in [3.05, 3.63) is 39.8 Å². The highest BCUT2D eigenvalue weighted by atomic mass is 16.6. The van der Waals surface area contributed by atoms with Gasteiger partial charge in [0.2, 0.25) is 0 Å². The number of carbonyl (C=O) groups is 1. The summed E-state index contributed by atoms with van der Waals surface area (Å²) in [6, 6.07) is 5.49. The van der Waals surface area contributed by atoms with E-state index in [9.17, 15) is 4.79 Å². The van der Waals surface area contributed by atoms with Crippen molar-refractivity contribution >= 4 is 5.97 Å². The first-order chi connectivity index (χ1) is 10.4. The molecule has 22 heavy (non-hydrogen) atoms. The van der Waals surface area contributed by atoms with E-state index >= 15 is 0 Å². The molecule has 0 aromatic heterocycles. The van der Waals surface area contributed by atoms with Gasteiger partial charge < -0.3 is 9.47 Å². The highest BCUT2D eigenvalue weighted by molar-refractivity contribution is 5.71. The van der Waals surface area contributed by atoms with Crippen LogP contribution in [-0.4, -0.2) is 18.2 Å². The SMILES string of the molecule is CC(C)(C)OC(=O)COc1cccc2c1CCCC2N=[N+]=[N-]. The van der Waals surface area contributed by atoms with Crippen molar-refractivity contribution in [2.75, 3.05) is 6.61 Å². The molecule has 2 rings (SSSR count). The molecule has 0 heterocycles. The Morgan fingerprint density at radius 3 is 2.91 bits per heavy atom. The Morgan fingerprint density at radius 1 is 1.45 bits per heavy atom. The zero-order chi connectivity index (χ0) is 16.2. The first kappa shape index (κ1) is 16.2. The van der Waals surface area contributed by atoms with Gasteiger partial charge in [-0.3, -0.25) is 0 Å². The fraction of sp³-hybridized carbons (Fsp3) is 0.562. The molecule has 6 heteroatoms. The fourth-order valence-corrected chi connectivity index (χ4v) is 2.62. The lowest BCUT2D eigenvalue weighted by Crippen LogP contribution is -2.27. The van der Waals surface area contributed by atoms with E-state index in [-0.39, 0.29) is 12.6 Å². The second-order valence-corrected chi connectivity index (χ2v) is 6.31. The van der Waals surface area contributed by atoms with Crippen LogP contribution < -0.4 is 4.74 Å². The summed E-state index contributed by atoms with van der Waals surface area (Å²) in [7, 11) is 0. The maximum atomic E-state index is 11.8. The predicted molar refractivity (Wildman–Crippen MR) is 82.6 cm³/mol. The van der Waals surface area contributed by atoms with E-state index in [1.165, 1.54) is 0 Å². The standard InChI is InChI=1S/C16H21N3O3/c1-16(2,3)22-15(20)10-21-14-9-5-6-11-12(14)7-4-8-13(11)18-19-17/h5-6,9,13H,4,7-8,10H2,1-3H3. The van der Waals surface area contributed by atoms with Crippen LogP contribution >= 0.6 is 0 Å². The molecule has 118 valence electrons. The molecule has 0 N–H and O–H groups in total. The molecule has 0 spiro atoms. The van der Waals surface area contributed by atoms with Crippen molar-refractivity contribution in [3.8, 4) is 5.75 Å². The van der Waals surface area contributed by atoms with Crippen molar-refractivity contribution in [2.45, 2.75) is 51.7 Å². The third-order valence-corrected chi connectivity index (χ3v) is 3.39. The number of nitrogens with zero attached hydrogens (tertiary/aromatic N) is 3. The summed E-state index contributed by atoms with van der Waals surface area (Å²) in [4.78, 5) is 14.7. The van der Waals surface area contributed by atoms with Gasteiger partial charge in [-0.1, -0.05) is 17.2 Å². The Morgan fingerprint density at radius 2 is 2.23 bits per heavy atom. The van der Waals surface area contributed by atoms with Gasteiger partial charge in [0, 0.05) is 4.91 Å². The van der Waals surface area contributed by atoms with E-state index in [1.54, 1.807) is 0 Å². The lowest BCUT2D eigenvalue weighted by Gasteiger charge is -2.24. The first-order valence-corrected chi connectivity index (χ1v) is 7.41. The third kappa shape index (κ3) is 4.15. The zero-order valence-corrected chi connectivity index (χ0v) is 13.2. The Hall–Kier alpha value is -2.20. The number of carbonyl (C=O) groups excluding carboxylic acids is 1. The molecule has 0 amide bonds. The molecular formula is C16H21N3O3. The molecule has 1 aliphatic rings. The molecular weight excluding hydrogens is 282 g/mol. The molecule has 1 atom stereocenters. The molecule has 0 fully saturated rings. The number of ether oxygens (including phenoxy) is 2. The maximum Gasteiger partial charge on any atom is 0.344 e. The van der Waals surface area contributed by atoms with Crippen LogP contribution in [0.25, 0.3) is 10.4 Å². The molecule has 1 unspecified atom stereocenters. The highest BCUT2D eigenvalue weighted by Gasteiger charge is 2.23. The van der Waals surface area contributed by atoms with Gasteiger partial charge in [0.1, 0.15) is 11.4 Å². The van der Waals surface area contributed by atoms with Crippen LogP contribution in [-0.2, 0) is 16.0 Å². The van der Waals surface area contributed by atoms with Crippen molar-refractivity contribution in [2.24, 2.45) is 5.11 Å². The van der Waals surface area contributed by atoms with Crippen molar-refractivity contribution < 1.29 is 14.3 Å². The molecule has 6 nitrogen and oxygen atoms in total. The van der Waals surface area contributed by atoms with Gasteiger partial charge in [0.15, 0.2) is 6.61 Å². The summed E-state index contributed by atoms with van der Waals surface area (Å²) in [5.41, 5.74) is 10.2. The summed E-state index contributed by atoms with van der Waals surface area (Å²) in [6.45, 7) is 5.33. The quantitative estimate of drug-likeness (QED) is 0.363. The Balaban J connectivity index is 2.11. The second kappa shape index (κ2) is 6.71. The molecule has 1 aliphatic carbocycles. The third-order valence-electron chi connectivity index (χ3n) is 3.39. The number of fused-ring (bicyclic) bond motifs is 1. The summed E-state index contributed by atoms with van der Waals surface area (Å²) in [6.07, 6.45) is 2.63. The van der Waals surface area contributed by atoms with Gasteiger partial charge in [-0.05, 0) is 62.8 Å². The van der Waals surface area contributed by atoms with Crippen molar-refractivity contribution in [3.63, 3.8) is 0 Å². The number of hydrogen-bond donors (Lipinski definition) is 0. The molecule has 1 aromatic rings. The molecule has 0 aliphatic heterocycles. The summed E-state index contributed by atoms with van der Waals surface area (Å²) < 4.78 is 10.9. The summed E-state index contributed by atoms with van der Waals surface area (Å²) >= 11 is 0. The van der Waals surface area contributed by atoms with Crippen LogP contribution in [0.5, 0.6) is 5.75 Å². The first-order valence-electron chi connectivity index (χ1n) is 7.41. The Labute approximate surface area is 130 Å². The second-order valence-electron chi connectivity index (χ2n) is 6.31. The monoisotopic (exact) mass is 303 g/mol. The minimum atomic E-state index is -0.525. The smallest absolute Gasteiger partial charge is 0.344 e. The van der Waals surface area contributed by atoms with Crippen LogP contribution in [0.3, 0.4) is 0 Å². The van der Waals surface area contributed by atoms with E-state index < -0.39 is 11.6 Å². The van der Waals surface area contributed by atoms with Gasteiger partial charge in [0.05, 0.1) is 6.04 Å². The largest absolute Gasteiger partial charge is 0.482 e. The number of azide groups is 1. The van der Waals surface area contributed by atoms with Gasteiger partial charge in [-0.2, -0.15) is 0 Å². The van der Waals surface area contributed by atoms with Gasteiger partial charge >= 0.3 is 5.97 Å². The topological polar surface area (TPSA) is 84.3 Å². The normalized spacial score (nSPS) is 17.1. The minimum absolute atomic E-state index is 0.125. The summed E-state index contributed by atoms with van der Waals surface area (Å²) in [5.74, 6) is 0.272. The minimum Gasteiger partial charge on any atom is -0.482 e. The highest BCUT2D eigenvalue weighted by Crippen LogP contribution is 2.37. The lowest BCUT2D eigenvalue weighted by molar-refractivity contribution is -0.157. The van der Waals surface area contributed by atoms with Crippen LogP contribution in [0.4, 0.5) is 0 Å². The van der Waals surface area contributed by atoms with Gasteiger partial charge in [-0.15, -0.1) is 0 Å². The zero-order valence-electron chi connectivity index (χ0n) is 13.2. The van der Waals surface area contributed by atoms with Crippen LogP contribution in [0.1, 0.15) is 50.8 Å². The fourth-order valence-electron chi connectivity index (χ4n) is 2.62. The maximum absolute atomic E-state index is 11.8. The molecule has 0 bridgehead atoms. The number of benzene rings is 1. The molecule has 0 saturated heterocycles. The van der Waals surface area contributed by atoms with Crippen LogP contribution in [0, 0.1) is 0 Å². The summed E-state index contributed by atoms with van der Waals surface area (Å²) in [5, 5.41) is 3.84. The van der Waals surface area contributed by atoms with Gasteiger partial charge in [0.25, 0.3) is 0 Å². The van der Waals surface area contributed by atoms with Crippen LogP contribution in [0.2, 0.25) is 0 Å². The average Bonchev–Trinajstić information content (AvgIpc) is 2.44. The van der Waals surface area contributed by atoms with E-state index in [0.717, 1.165) is 30.4 Å². The number of hydrogen-bond acceptors (Lipinski definition) is 4. The van der Waals surface area contributed by atoms with E-state index in [4.69, 9.17) is 15.0 Å². The predicted octanol–water partition coefficient (Wildman–Crippen LogP) is 4.09. The van der Waals surface area contributed by atoms with Crippen molar-refractivity contribution in [1.82, 2.24) is 0 Å². The average molecular weight is 303 g/mol. The Bertz CT molecular complexity index is 601. The van der Waals surface area contributed by atoms with E-state index in [0.29, 0.717) is 5.75 Å². The van der Waals surface area contributed by atoms with E-state index in [2.05, 4.69) is 10.0 Å². The lowest BCUT2D eigenvalue weighted by atomic mass is 9.87. The van der Waals surface area contributed by atoms with Crippen molar-refractivity contribution in [1.29, 1.82) is 0 Å². The molecule has 1 aromatic carbocycles. The molecule has 0 radical (unpaired) electrons. The van der Waals surface area contributed by atoms with E-state index in [1.807, 2.05) is 39.0 Å². The molecule has 0 saturated carbocycles. The van der Waals surface area contributed by atoms with Crippen LogP contribution in [0.15, 0.2) is 23.3 Å². The number of rotatable bonds is 4. The number of esters is 1.